The van der Waals surface area contributed by atoms with Gasteiger partial charge in [0.1, 0.15) is 11.5 Å². The Morgan fingerprint density at radius 3 is 2.94 bits per heavy atom. The molecular weight excluding hydrogens is 474 g/mol. The van der Waals surface area contributed by atoms with Crippen molar-refractivity contribution in [2.24, 2.45) is 5.92 Å². The van der Waals surface area contributed by atoms with Gasteiger partial charge >= 0.3 is 0 Å². The highest BCUT2D eigenvalue weighted by Gasteiger charge is 2.46. The van der Waals surface area contributed by atoms with Crippen LogP contribution in [0.1, 0.15) is 48.0 Å². The number of nitrogens with zero attached hydrogens (tertiary/aromatic N) is 4. The van der Waals surface area contributed by atoms with Crippen LogP contribution in [0.5, 0.6) is 0 Å². The van der Waals surface area contributed by atoms with E-state index in [1.54, 1.807) is 6.20 Å². The van der Waals surface area contributed by atoms with E-state index >= 15 is 0 Å². The molecule has 180 valence electrons. The van der Waals surface area contributed by atoms with Gasteiger partial charge < -0.3 is 15.0 Å². The number of halogens is 1. The number of anilines is 2. The molecule has 0 saturated heterocycles. The number of nitrogens with one attached hydrogen (secondary N) is 3. The number of benzene rings is 1. The maximum absolute atomic E-state index is 12.9. The second kappa shape index (κ2) is 8.34. The maximum atomic E-state index is 12.9. The largest absolute Gasteiger partial charge is 0.379 e. The first-order chi connectivity index (χ1) is 17.6. The average Bonchev–Trinajstić information content (AvgIpc) is 3.80. The van der Waals surface area contributed by atoms with E-state index in [4.69, 9.17) is 16.6 Å². The Balaban J connectivity index is 0.996. The molecule has 3 N–H and O–H groups in total. The summed E-state index contributed by atoms with van der Waals surface area (Å²) in [5, 5.41) is 15.4. The molecule has 0 bridgehead atoms. The summed E-state index contributed by atoms with van der Waals surface area (Å²) in [6, 6.07) is 13.6. The number of imidazole rings is 1. The number of fused-ring (bicyclic) bond motifs is 2. The van der Waals surface area contributed by atoms with Gasteiger partial charge in [-0.2, -0.15) is 5.10 Å². The van der Waals surface area contributed by atoms with Gasteiger partial charge in [0, 0.05) is 58.3 Å². The molecular formula is C27H24ClN7O. The van der Waals surface area contributed by atoms with Crippen LogP contribution < -0.4 is 10.6 Å². The Morgan fingerprint density at radius 2 is 2.06 bits per heavy atom. The minimum atomic E-state index is -0.121. The fraction of sp³-hybridized carbons (Fsp3) is 0.259. The van der Waals surface area contributed by atoms with Crippen LogP contribution in [-0.4, -0.2) is 30.5 Å². The molecule has 2 unspecified atom stereocenters. The van der Waals surface area contributed by atoms with Gasteiger partial charge in [-0.3, -0.25) is 9.89 Å². The van der Waals surface area contributed by atoms with Crippen molar-refractivity contribution in [3.63, 3.8) is 0 Å². The lowest BCUT2D eigenvalue weighted by molar-refractivity contribution is -0.117. The van der Waals surface area contributed by atoms with Crippen molar-refractivity contribution in [3.05, 3.63) is 83.0 Å². The van der Waals surface area contributed by atoms with Gasteiger partial charge in [0.25, 0.3) is 0 Å². The third kappa shape index (κ3) is 4.07. The second-order valence-corrected chi connectivity index (χ2v) is 10.2. The van der Waals surface area contributed by atoms with Crippen LogP contribution in [0.4, 0.5) is 11.5 Å². The standard InChI is InChI=1S/C27H24ClN7O/c28-17-4-5-23-22(9-17)26(34-33-23)20-11-21(20)27(36)32-24-10-18(7-8-29-24)30-12-19-14-35-13-16(15-1-2-15)3-6-25(35)31-19/h3-10,13-15,20-21H,1-2,11-12H2,(H,33,34)(H2,29,30,32,36). The van der Waals surface area contributed by atoms with Crippen LogP contribution in [0.2, 0.25) is 5.02 Å². The Morgan fingerprint density at radius 1 is 1.14 bits per heavy atom. The fourth-order valence-electron chi connectivity index (χ4n) is 4.91. The highest BCUT2D eigenvalue weighted by atomic mass is 35.5. The number of amides is 1. The summed E-state index contributed by atoms with van der Waals surface area (Å²) < 4.78 is 2.10. The topological polar surface area (TPSA) is 100 Å². The predicted octanol–water partition coefficient (Wildman–Crippen LogP) is 5.49. The van der Waals surface area contributed by atoms with Crippen molar-refractivity contribution < 1.29 is 4.79 Å². The number of carbonyl (C=O) groups is 1. The molecule has 2 atom stereocenters. The number of aromatic nitrogens is 5. The zero-order valence-electron chi connectivity index (χ0n) is 19.4. The maximum Gasteiger partial charge on any atom is 0.229 e. The van der Waals surface area contributed by atoms with Crippen molar-refractivity contribution in [1.29, 1.82) is 0 Å². The van der Waals surface area contributed by atoms with E-state index in [2.05, 4.69) is 54.7 Å². The third-order valence-corrected chi connectivity index (χ3v) is 7.34. The first-order valence-electron chi connectivity index (χ1n) is 12.2. The molecule has 7 rings (SSSR count). The zero-order chi connectivity index (χ0) is 24.2. The molecule has 0 radical (unpaired) electrons. The molecule has 2 aliphatic rings. The number of hydrogen-bond acceptors (Lipinski definition) is 5. The van der Waals surface area contributed by atoms with Gasteiger partial charge in [-0.15, -0.1) is 0 Å². The normalized spacial score (nSPS) is 19.0. The molecule has 2 aliphatic carbocycles. The molecule has 2 fully saturated rings. The average molecular weight is 498 g/mol. The molecule has 8 nitrogen and oxygen atoms in total. The summed E-state index contributed by atoms with van der Waals surface area (Å²) >= 11 is 6.16. The highest BCUT2D eigenvalue weighted by Crippen LogP contribution is 2.49. The summed E-state index contributed by atoms with van der Waals surface area (Å²) in [5.41, 5.74) is 5.99. The molecule has 4 heterocycles. The number of rotatable bonds is 7. The van der Waals surface area contributed by atoms with Crippen molar-refractivity contribution in [2.75, 3.05) is 10.6 Å². The van der Waals surface area contributed by atoms with Crippen LogP contribution in [0.25, 0.3) is 16.6 Å². The van der Waals surface area contributed by atoms with Gasteiger partial charge in [0.05, 0.1) is 17.8 Å². The third-order valence-electron chi connectivity index (χ3n) is 7.10. The van der Waals surface area contributed by atoms with Gasteiger partial charge in [0.2, 0.25) is 5.91 Å². The Hall–Kier alpha value is -3.91. The lowest BCUT2D eigenvalue weighted by atomic mass is 10.1. The molecule has 1 amide bonds. The molecule has 2 saturated carbocycles. The molecule has 4 aromatic heterocycles. The van der Waals surface area contributed by atoms with Crippen molar-refractivity contribution in [3.8, 4) is 0 Å². The summed E-state index contributed by atoms with van der Waals surface area (Å²) in [5.74, 6) is 1.18. The van der Waals surface area contributed by atoms with Crippen molar-refractivity contribution >= 4 is 45.6 Å². The van der Waals surface area contributed by atoms with Gasteiger partial charge in [-0.1, -0.05) is 17.7 Å². The van der Waals surface area contributed by atoms with E-state index < -0.39 is 0 Å². The number of hydrogen-bond donors (Lipinski definition) is 3. The SMILES string of the molecule is O=C(Nc1cc(NCc2cn3cc(C4CC4)ccc3n2)ccn1)C1CC1c1[nH]nc2ccc(Cl)cc12. The molecule has 9 heteroatoms. The number of aromatic amines is 1. The van der Waals surface area contributed by atoms with Crippen LogP contribution in [0, 0.1) is 5.92 Å². The van der Waals surface area contributed by atoms with E-state index in [9.17, 15) is 4.79 Å². The molecule has 0 aliphatic heterocycles. The Labute approximate surface area is 212 Å². The monoisotopic (exact) mass is 497 g/mol. The lowest BCUT2D eigenvalue weighted by Gasteiger charge is -2.08. The molecule has 36 heavy (non-hydrogen) atoms. The van der Waals surface area contributed by atoms with Crippen molar-refractivity contribution in [2.45, 2.75) is 37.6 Å². The molecule has 1 aromatic carbocycles. The van der Waals surface area contributed by atoms with Crippen LogP contribution >= 0.6 is 11.6 Å². The number of carbonyl (C=O) groups excluding carboxylic acids is 1. The lowest BCUT2D eigenvalue weighted by Crippen LogP contribution is -2.15. The van der Waals surface area contributed by atoms with Crippen LogP contribution in [0.15, 0.2) is 61.1 Å². The quantitative estimate of drug-likeness (QED) is 0.276. The van der Waals surface area contributed by atoms with Crippen LogP contribution in [-0.2, 0) is 11.3 Å². The zero-order valence-corrected chi connectivity index (χ0v) is 20.2. The first-order valence-corrected chi connectivity index (χ1v) is 12.6. The Kier molecular flexibility index (Phi) is 4.95. The van der Waals surface area contributed by atoms with Gasteiger partial charge in [-0.05, 0) is 61.1 Å². The fourth-order valence-corrected chi connectivity index (χ4v) is 5.09. The molecule has 5 aromatic rings. The van der Waals surface area contributed by atoms with Gasteiger partial charge in [0.15, 0.2) is 0 Å². The van der Waals surface area contributed by atoms with Crippen molar-refractivity contribution in [1.82, 2.24) is 24.6 Å². The summed E-state index contributed by atoms with van der Waals surface area (Å²) in [7, 11) is 0. The first kappa shape index (κ1) is 21.4. The molecule has 0 spiro atoms. The highest BCUT2D eigenvalue weighted by molar-refractivity contribution is 6.31. The summed E-state index contributed by atoms with van der Waals surface area (Å²) in [6.07, 6.45) is 9.28. The van der Waals surface area contributed by atoms with E-state index in [0.717, 1.165) is 40.0 Å². The minimum absolute atomic E-state index is 0.0405. The van der Waals surface area contributed by atoms with E-state index in [0.29, 0.717) is 23.3 Å². The predicted molar refractivity (Wildman–Crippen MR) is 139 cm³/mol. The number of H-pyrrole nitrogens is 1. The van der Waals surface area contributed by atoms with Gasteiger partial charge in [-0.25, -0.2) is 9.97 Å². The summed E-state index contributed by atoms with van der Waals surface area (Å²) in [6.45, 7) is 0.581. The summed E-state index contributed by atoms with van der Waals surface area (Å²) in [4.78, 5) is 21.9. The Bertz CT molecular complexity index is 1620. The van der Waals surface area contributed by atoms with Crippen LogP contribution in [0.3, 0.4) is 0 Å². The van der Waals surface area contributed by atoms with E-state index in [-0.39, 0.29) is 17.7 Å². The minimum Gasteiger partial charge on any atom is -0.379 e. The van der Waals surface area contributed by atoms with E-state index in [1.165, 1.54) is 18.4 Å². The smallest absolute Gasteiger partial charge is 0.229 e. The number of pyridine rings is 2. The van der Waals surface area contributed by atoms with E-state index in [1.807, 2.05) is 30.3 Å². The second-order valence-electron chi connectivity index (χ2n) is 9.75.